The van der Waals surface area contributed by atoms with E-state index < -0.39 is 0 Å². The van der Waals surface area contributed by atoms with Crippen molar-refractivity contribution in [2.24, 2.45) is 0 Å². The summed E-state index contributed by atoms with van der Waals surface area (Å²) < 4.78 is 0.963. The Bertz CT molecular complexity index is 465. The van der Waals surface area contributed by atoms with Crippen LogP contribution in [0.5, 0.6) is 0 Å². The van der Waals surface area contributed by atoms with Crippen molar-refractivity contribution in [2.75, 3.05) is 0 Å². The summed E-state index contributed by atoms with van der Waals surface area (Å²) >= 11 is 3.35. The highest BCUT2D eigenvalue weighted by atomic mass is 79.9. The van der Waals surface area contributed by atoms with Gasteiger partial charge >= 0.3 is 0 Å². The second-order valence-corrected chi connectivity index (χ2v) is 4.21. The zero-order valence-electron chi connectivity index (χ0n) is 7.79. The summed E-state index contributed by atoms with van der Waals surface area (Å²) in [5.41, 5.74) is 1.51. The first-order chi connectivity index (χ1) is 7.15. The largest absolute Gasteiger partial charge is 0.289 e. The topological polar surface area (TPSA) is 46.2 Å². The van der Waals surface area contributed by atoms with Crippen LogP contribution < -0.4 is 5.32 Å². The van der Waals surface area contributed by atoms with E-state index >= 15 is 0 Å². The fraction of sp³-hybridized carbons (Fsp3) is 0.0909. The first-order valence-corrected chi connectivity index (χ1v) is 5.25. The average Bonchev–Trinajstić information content (AvgIpc) is 2.45. The Morgan fingerprint density at radius 2 is 2.07 bits per heavy atom. The van der Waals surface area contributed by atoms with E-state index in [4.69, 9.17) is 0 Å². The van der Waals surface area contributed by atoms with Crippen LogP contribution in [0.2, 0.25) is 0 Å². The van der Waals surface area contributed by atoms with E-state index in [0.717, 1.165) is 10.0 Å². The fourth-order valence-corrected chi connectivity index (χ4v) is 1.90. The number of hydrogen-bond donors (Lipinski definition) is 1. The molecule has 0 spiro atoms. The van der Waals surface area contributed by atoms with Gasteiger partial charge in [0.05, 0.1) is 0 Å². The van der Waals surface area contributed by atoms with Gasteiger partial charge in [-0.05, 0) is 17.7 Å². The smallest absolute Gasteiger partial charge is 0.254 e. The minimum Gasteiger partial charge on any atom is -0.289 e. The van der Waals surface area contributed by atoms with E-state index in [0.29, 0.717) is 12.0 Å². The second kappa shape index (κ2) is 3.98. The molecule has 3 nitrogen and oxygen atoms in total. The highest BCUT2D eigenvalue weighted by Gasteiger charge is 2.20. The van der Waals surface area contributed by atoms with Gasteiger partial charge in [-0.1, -0.05) is 28.1 Å². The van der Waals surface area contributed by atoms with Crippen LogP contribution in [0, 0.1) is 0 Å². The maximum atomic E-state index is 11.3. The molecule has 4 heteroatoms. The van der Waals surface area contributed by atoms with E-state index in [1.54, 1.807) is 0 Å². The van der Waals surface area contributed by atoms with Crippen LogP contribution in [0.4, 0.5) is 0 Å². The second-order valence-electron chi connectivity index (χ2n) is 3.29. The average molecular weight is 266 g/mol. The van der Waals surface area contributed by atoms with Gasteiger partial charge in [-0.15, -0.1) is 0 Å². The van der Waals surface area contributed by atoms with Gasteiger partial charge in [-0.25, -0.2) is 0 Å². The van der Waals surface area contributed by atoms with E-state index in [2.05, 4.69) is 21.2 Å². The van der Waals surface area contributed by atoms with E-state index in [1.807, 2.05) is 24.3 Å². The number of amides is 2. The molecule has 0 unspecified atom stereocenters. The fourth-order valence-electron chi connectivity index (χ4n) is 1.45. The molecule has 15 heavy (non-hydrogen) atoms. The SMILES string of the molecule is O=C1C=C(Cc2cccc(Br)c2)C(=O)N1. The van der Waals surface area contributed by atoms with Crippen LogP contribution in [-0.4, -0.2) is 11.8 Å². The molecule has 1 N–H and O–H groups in total. The standard InChI is InChI=1S/C11H8BrNO2/c12-9-3-1-2-7(5-9)4-8-6-10(14)13-11(8)15/h1-3,5-6H,4H2,(H,13,14,15). The molecule has 0 radical (unpaired) electrons. The van der Waals surface area contributed by atoms with Gasteiger partial charge in [0.2, 0.25) is 0 Å². The first-order valence-electron chi connectivity index (χ1n) is 4.45. The third kappa shape index (κ3) is 2.33. The first kappa shape index (κ1) is 10.1. The molecular weight excluding hydrogens is 258 g/mol. The molecule has 2 rings (SSSR count). The predicted molar refractivity (Wildman–Crippen MR) is 59.1 cm³/mol. The van der Waals surface area contributed by atoms with Crippen molar-refractivity contribution in [3.63, 3.8) is 0 Å². The summed E-state index contributed by atoms with van der Waals surface area (Å²) in [4.78, 5) is 22.2. The lowest BCUT2D eigenvalue weighted by Gasteiger charge is -2.01. The summed E-state index contributed by atoms with van der Waals surface area (Å²) in [6, 6.07) is 7.66. The Kier molecular flexibility index (Phi) is 2.68. The van der Waals surface area contributed by atoms with Crippen LogP contribution >= 0.6 is 15.9 Å². The number of hydrogen-bond acceptors (Lipinski definition) is 2. The van der Waals surface area contributed by atoms with Gasteiger partial charge in [-0.3, -0.25) is 14.9 Å². The predicted octanol–water partition coefficient (Wildman–Crippen LogP) is 1.57. The molecule has 1 aromatic rings. The molecule has 0 saturated heterocycles. The number of carbonyl (C=O) groups excluding carboxylic acids is 2. The van der Waals surface area contributed by atoms with Crippen LogP contribution in [0.25, 0.3) is 0 Å². The zero-order chi connectivity index (χ0) is 10.8. The molecule has 1 aliphatic heterocycles. The molecule has 0 fully saturated rings. The highest BCUT2D eigenvalue weighted by molar-refractivity contribution is 9.10. The molecule has 0 bridgehead atoms. The summed E-state index contributed by atoms with van der Waals surface area (Å²) in [6.07, 6.45) is 1.83. The summed E-state index contributed by atoms with van der Waals surface area (Å²) in [5.74, 6) is -0.620. The van der Waals surface area contributed by atoms with Crippen molar-refractivity contribution in [3.05, 3.63) is 46.0 Å². The highest BCUT2D eigenvalue weighted by Crippen LogP contribution is 2.16. The Balaban J connectivity index is 2.19. The molecule has 0 atom stereocenters. The molecule has 1 aromatic carbocycles. The third-order valence-corrected chi connectivity index (χ3v) is 2.61. The van der Waals surface area contributed by atoms with Gasteiger partial charge in [-0.2, -0.15) is 0 Å². The third-order valence-electron chi connectivity index (χ3n) is 2.12. The van der Waals surface area contributed by atoms with Crippen LogP contribution in [0.3, 0.4) is 0 Å². The normalized spacial score (nSPS) is 15.1. The molecule has 0 aliphatic carbocycles. The Morgan fingerprint density at radius 1 is 1.27 bits per heavy atom. The maximum absolute atomic E-state index is 11.3. The van der Waals surface area contributed by atoms with Gasteiger partial charge < -0.3 is 0 Å². The molecule has 1 aliphatic rings. The molecule has 1 heterocycles. The molecule has 0 saturated carbocycles. The number of halogens is 1. The summed E-state index contributed by atoms with van der Waals surface area (Å²) in [6.45, 7) is 0. The van der Waals surface area contributed by atoms with Gasteiger partial charge in [0.25, 0.3) is 11.8 Å². The Morgan fingerprint density at radius 3 is 2.67 bits per heavy atom. The lowest BCUT2D eigenvalue weighted by Crippen LogP contribution is -2.22. The number of benzene rings is 1. The zero-order valence-corrected chi connectivity index (χ0v) is 9.37. The van der Waals surface area contributed by atoms with Gasteiger partial charge in [0.15, 0.2) is 0 Å². The Labute approximate surface area is 95.3 Å². The quantitative estimate of drug-likeness (QED) is 0.826. The van der Waals surface area contributed by atoms with Crippen molar-refractivity contribution in [3.8, 4) is 0 Å². The summed E-state index contributed by atoms with van der Waals surface area (Å²) in [7, 11) is 0. The Hall–Kier alpha value is -1.42. The van der Waals surface area contributed by atoms with Crippen molar-refractivity contribution < 1.29 is 9.59 Å². The number of imide groups is 1. The molecule has 76 valence electrons. The maximum Gasteiger partial charge on any atom is 0.254 e. The van der Waals surface area contributed by atoms with Gasteiger partial charge in [0.1, 0.15) is 0 Å². The van der Waals surface area contributed by atoms with E-state index in [9.17, 15) is 9.59 Å². The van der Waals surface area contributed by atoms with E-state index in [-0.39, 0.29) is 11.8 Å². The van der Waals surface area contributed by atoms with Crippen molar-refractivity contribution in [1.29, 1.82) is 0 Å². The lowest BCUT2D eigenvalue weighted by atomic mass is 10.1. The summed E-state index contributed by atoms with van der Waals surface area (Å²) in [5, 5.41) is 2.22. The molecular formula is C11H8BrNO2. The molecule has 0 aromatic heterocycles. The number of nitrogens with one attached hydrogen (secondary N) is 1. The monoisotopic (exact) mass is 265 g/mol. The lowest BCUT2D eigenvalue weighted by molar-refractivity contribution is -0.123. The van der Waals surface area contributed by atoms with Crippen LogP contribution in [0.1, 0.15) is 5.56 Å². The van der Waals surface area contributed by atoms with Gasteiger partial charge in [0, 0.05) is 22.5 Å². The number of rotatable bonds is 2. The van der Waals surface area contributed by atoms with Crippen molar-refractivity contribution >= 4 is 27.7 Å². The minimum atomic E-state index is -0.329. The van der Waals surface area contributed by atoms with Crippen LogP contribution in [0.15, 0.2) is 40.4 Å². The van der Waals surface area contributed by atoms with Crippen molar-refractivity contribution in [1.82, 2.24) is 5.32 Å². The number of carbonyl (C=O) groups is 2. The van der Waals surface area contributed by atoms with E-state index in [1.165, 1.54) is 6.08 Å². The van der Waals surface area contributed by atoms with Crippen LogP contribution in [-0.2, 0) is 16.0 Å². The van der Waals surface area contributed by atoms with Crippen molar-refractivity contribution in [2.45, 2.75) is 6.42 Å². The minimum absolute atomic E-state index is 0.292. The molecule has 2 amide bonds.